The number of anilines is 1. The van der Waals surface area contributed by atoms with Crippen LogP contribution in [0.5, 0.6) is 0 Å². The summed E-state index contributed by atoms with van der Waals surface area (Å²) in [4.78, 5) is -0.150. The van der Waals surface area contributed by atoms with Crippen molar-refractivity contribution in [2.45, 2.75) is 11.4 Å². The number of nitrogens with one attached hydrogen (secondary N) is 1. The predicted octanol–water partition coefficient (Wildman–Crippen LogP) is 2.72. The van der Waals surface area contributed by atoms with Crippen molar-refractivity contribution in [3.63, 3.8) is 0 Å². The zero-order valence-electron chi connectivity index (χ0n) is 11.2. The first-order valence-corrected chi connectivity index (χ1v) is 8.40. The van der Waals surface area contributed by atoms with Gasteiger partial charge in [-0.15, -0.1) is 0 Å². The van der Waals surface area contributed by atoms with E-state index in [9.17, 15) is 12.8 Å². The van der Waals surface area contributed by atoms with Gasteiger partial charge in [-0.05, 0) is 36.4 Å². The fraction of sp³-hybridized carbons (Fsp3) is 0.0714. The first-order valence-electron chi connectivity index (χ1n) is 6.06. The maximum absolute atomic E-state index is 13.7. The molecule has 0 aliphatic heterocycles. The minimum absolute atomic E-state index is 0.113. The van der Waals surface area contributed by atoms with Crippen LogP contribution in [-0.2, 0) is 16.6 Å². The molecule has 5 nitrogen and oxygen atoms in total. The van der Waals surface area contributed by atoms with Gasteiger partial charge in [-0.1, -0.05) is 15.9 Å². The van der Waals surface area contributed by atoms with Crippen LogP contribution in [0.2, 0.25) is 0 Å². The average Bonchev–Trinajstić information content (AvgIpc) is 2.47. The summed E-state index contributed by atoms with van der Waals surface area (Å²) in [5.41, 5.74) is 0.921. The Morgan fingerprint density at radius 3 is 2.64 bits per heavy atom. The molecular formula is C14H11BrFN3O2S. The number of sulfonamides is 1. The molecule has 114 valence electrons. The lowest BCUT2D eigenvalue weighted by Gasteiger charge is -2.10. The highest BCUT2D eigenvalue weighted by Gasteiger charge is 2.12. The van der Waals surface area contributed by atoms with Crippen molar-refractivity contribution in [3.8, 4) is 6.07 Å². The minimum Gasteiger partial charge on any atom is -0.380 e. The van der Waals surface area contributed by atoms with Gasteiger partial charge in [0.25, 0.3) is 0 Å². The van der Waals surface area contributed by atoms with Gasteiger partial charge < -0.3 is 5.32 Å². The molecule has 0 atom stereocenters. The van der Waals surface area contributed by atoms with Crippen molar-refractivity contribution in [2.24, 2.45) is 5.14 Å². The van der Waals surface area contributed by atoms with Gasteiger partial charge in [0, 0.05) is 16.6 Å². The largest absolute Gasteiger partial charge is 0.380 e. The zero-order chi connectivity index (χ0) is 16.3. The fourth-order valence-corrected chi connectivity index (χ4v) is 2.76. The molecular weight excluding hydrogens is 373 g/mol. The number of halogens is 2. The van der Waals surface area contributed by atoms with Crippen molar-refractivity contribution in [1.29, 1.82) is 5.26 Å². The van der Waals surface area contributed by atoms with Crippen LogP contribution >= 0.6 is 15.9 Å². The Bertz CT molecular complexity index is 863. The molecule has 0 unspecified atom stereocenters. The molecule has 0 heterocycles. The SMILES string of the molecule is N#Cc1cc(S(N)(=O)=O)ccc1NCc1cc(Br)ccc1F. The highest BCUT2D eigenvalue weighted by Crippen LogP contribution is 2.21. The Kier molecular flexibility index (Phi) is 4.81. The van der Waals surface area contributed by atoms with Crippen LogP contribution in [0.15, 0.2) is 45.8 Å². The summed E-state index contributed by atoms with van der Waals surface area (Å²) in [6, 6.07) is 10.3. The molecule has 0 aliphatic carbocycles. The smallest absolute Gasteiger partial charge is 0.238 e. The van der Waals surface area contributed by atoms with Gasteiger partial charge in [0.1, 0.15) is 11.9 Å². The highest BCUT2D eigenvalue weighted by atomic mass is 79.9. The third kappa shape index (κ3) is 3.82. The average molecular weight is 384 g/mol. The second-order valence-electron chi connectivity index (χ2n) is 4.45. The van der Waals surface area contributed by atoms with Crippen LogP contribution in [0.3, 0.4) is 0 Å². The molecule has 0 aliphatic rings. The van der Waals surface area contributed by atoms with E-state index in [1.165, 1.54) is 24.3 Å². The number of hydrogen-bond donors (Lipinski definition) is 2. The highest BCUT2D eigenvalue weighted by molar-refractivity contribution is 9.10. The summed E-state index contributed by atoms with van der Waals surface area (Å²) in [5, 5.41) is 17.0. The number of benzene rings is 2. The summed E-state index contributed by atoms with van der Waals surface area (Å²) in [7, 11) is -3.88. The molecule has 0 radical (unpaired) electrons. The molecule has 3 N–H and O–H groups in total. The summed E-state index contributed by atoms with van der Waals surface area (Å²) in [6.07, 6.45) is 0. The molecule has 0 spiro atoms. The van der Waals surface area contributed by atoms with Crippen LogP contribution in [0, 0.1) is 17.1 Å². The van der Waals surface area contributed by atoms with E-state index in [4.69, 9.17) is 10.4 Å². The van der Waals surface area contributed by atoms with E-state index >= 15 is 0 Å². The molecule has 2 aromatic carbocycles. The van der Waals surface area contributed by atoms with Crippen LogP contribution in [0.4, 0.5) is 10.1 Å². The lowest BCUT2D eigenvalue weighted by molar-refractivity contribution is 0.598. The second kappa shape index (κ2) is 6.44. The molecule has 0 amide bonds. The number of primary sulfonamides is 1. The number of nitriles is 1. The standard InChI is InChI=1S/C14H11BrFN3O2S/c15-11-1-3-13(16)10(5-11)8-19-14-4-2-12(22(18,20)21)6-9(14)7-17/h1-6,19H,8H2,(H2,18,20,21). The zero-order valence-corrected chi connectivity index (χ0v) is 13.6. The van der Waals surface area contributed by atoms with E-state index in [0.29, 0.717) is 11.3 Å². The van der Waals surface area contributed by atoms with E-state index in [2.05, 4.69) is 21.2 Å². The Morgan fingerprint density at radius 1 is 1.27 bits per heavy atom. The van der Waals surface area contributed by atoms with Crippen molar-refractivity contribution in [2.75, 3.05) is 5.32 Å². The maximum Gasteiger partial charge on any atom is 0.238 e. The summed E-state index contributed by atoms with van der Waals surface area (Å²) < 4.78 is 36.9. The minimum atomic E-state index is -3.88. The number of nitrogens with two attached hydrogens (primary N) is 1. The number of hydrogen-bond acceptors (Lipinski definition) is 4. The molecule has 0 fully saturated rings. The predicted molar refractivity (Wildman–Crippen MR) is 84.0 cm³/mol. The monoisotopic (exact) mass is 383 g/mol. The van der Waals surface area contributed by atoms with Gasteiger partial charge in [-0.25, -0.2) is 17.9 Å². The first-order chi connectivity index (χ1) is 10.3. The van der Waals surface area contributed by atoms with Gasteiger partial charge in [-0.3, -0.25) is 0 Å². The van der Waals surface area contributed by atoms with Crippen LogP contribution in [0.1, 0.15) is 11.1 Å². The molecule has 8 heteroatoms. The summed E-state index contributed by atoms with van der Waals surface area (Å²) in [6.45, 7) is 0.147. The molecule has 0 saturated carbocycles. The van der Waals surface area contributed by atoms with Crippen LogP contribution in [0.25, 0.3) is 0 Å². The summed E-state index contributed by atoms with van der Waals surface area (Å²) >= 11 is 3.25. The van der Waals surface area contributed by atoms with Gasteiger partial charge in [0.05, 0.1) is 16.1 Å². The number of nitrogens with zero attached hydrogens (tertiary/aromatic N) is 1. The van der Waals surface area contributed by atoms with Crippen molar-refractivity contribution in [3.05, 3.63) is 57.8 Å². The van der Waals surface area contributed by atoms with E-state index in [1.807, 2.05) is 6.07 Å². The van der Waals surface area contributed by atoms with Gasteiger partial charge in [0.2, 0.25) is 10.0 Å². The fourth-order valence-electron chi connectivity index (χ4n) is 1.82. The van der Waals surface area contributed by atoms with Gasteiger partial charge in [-0.2, -0.15) is 5.26 Å². The van der Waals surface area contributed by atoms with Crippen LogP contribution < -0.4 is 10.5 Å². The molecule has 0 aromatic heterocycles. The van der Waals surface area contributed by atoms with Gasteiger partial charge >= 0.3 is 0 Å². The lowest BCUT2D eigenvalue weighted by atomic mass is 10.1. The van der Waals surface area contributed by atoms with Gasteiger partial charge in [0.15, 0.2) is 0 Å². The maximum atomic E-state index is 13.7. The molecule has 2 aromatic rings. The van der Waals surface area contributed by atoms with E-state index in [0.717, 1.165) is 4.47 Å². The Hall–Kier alpha value is -1.95. The van der Waals surface area contributed by atoms with E-state index in [1.54, 1.807) is 12.1 Å². The lowest BCUT2D eigenvalue weighted by Crippen LogP contribution is -2.12. The third-order valence-corrected chi connectivity index (χ3v) is 4.32. The van der Waals surface area contributed by atoms with Crippen molar-refractivity contribution in [1.82, 2.24) is 0 Å². The molecule has 0 bridgehead atoms. The number of rotatable bonds is 4. The quantitative estimate of drug-likeness (QED) is 0.847. The van der Waals surface area contributed by atoms with E-state index in [-0.39, 0.29) is 22.8 Å². The second-order valence-corrected chi connectivity index (χ2v) is 6.93. The molecule has 2 rings (SSSR count). The topological polar surface area (TPSA) is 96.0 Å². The first kappa shape index (κ1) is 16.4. The normalized spacial score (nSPS) is 11.0. The van der Waals surface area contributed by atoms with Crippen molar-refractivity contribution < 1.29 is 12.8 Å². The van der Waals surface area contributed by atoms with Crippen molar-refractivity contribution >= 4 is 31.6 Å². The van der Waals surface area contributed by atoms with E-state index < -0.39 is 10.0 Å². The Labute approximate surface area is 135 Å². The van der Waals surface area contributed by atoms with Crippen LogP contribution in [-0.4, -0.2) is 8.42 Å². The third-order valence-electron chi connectivity index (χ3n) is 2.92. The Balaban J connectivity index is 2.27. The molecule has 0 saturated heterocycles. The molecule has 22 heavy (non-hydrogen) atoms. The Morgan fingerprint density at radius 2 is 2.00 bits per heavy atom. The summed E-state index contributed by atoms with van der Waals surface area (Å²) in [5.74, 6) is -0.379.